The lowest BCUT2D eigenvalue weighted by Gasteiger charge is -2.03. The maximum absolute atomic E-state index is 11.0. The van der Waals surface area contributed by atoms with Gasteiger partial charge in [-0.2, -0.15) is 0 Å². The zero-order chi connectivity index (χ0) is 11.5. The molecule has 0 aliphatic heterocycles. The first kappa shape index (κ1) is 10.6. The molecule has 2 aliphatic carbocycles. The molecule has 2 rings (SSSR count). The third-order valence-electron chi connectivity index (χ3n) is 2.54. The van der Waals surface area contributed by atoms with Crippen LogP contribution in [0.1, 0.15) is 15.9 Å². The molecule has 0 aromatic heterocycles. The number of hydrogen-bond donors (Lipinski definition) is 1. The van der Waals surface area contributed by atoms with Crippen molar-refractivity contribution in [1.29, 1.82) is 0 Å². The van der Waals surface area contributed by atoms with Crippen molar-refractivity contribution in [1.82, 2.24) is 0 Å². The molecule has 3 nitrogen and oxygen atoms in total. The molecular formula is C13H12O3. The fourth-order valence-electron chi connectivity index (χ4n) is 1.83. The van der Waals surface area contributed by atoms with Crippen molar-refractivity contribution in [3.05, 3.63) is 47.5 Å². The van der Waals surface area contributed by atoms with E-state index >= 15 is 0 Å². The second kappa shape index (κ2) is 4.33. The van der Waals surface area contributed by atoms with E-state index in [4.69, 9.17) is 9.84 Å². The van der Waals surface area contributed by atoms with E-state index in [0.29, 0.717) is 12.2 Å². The number of aromatic carboxylic acids is 1. The number of carboxylic acids is 1. The summed E-state index contributed by atoms with van der Waals surface area (Å²) in [6.07, 6.45) is 0. The van der Waals surface area contributed by atoms with Gasteiger partial charge in [-0.3, -0.25) is 0 Å². The number of carbonyl (C=O) groups is 1. The molecule has 3 heteroatoms. The molecule has 0 amide bonds. The number of fused-ring (bicyclic) bond motifs is 1. The second-order valence-corrected chi connectivity index (χ2v) is 3.56. The Morgan fingerprint density at radius 3 is 2.62 bits per heavy atom. The van der Waals surface area contributed by atoms with E-state index in [-0.39, 0.29) is 0 Å². The highest BCUT2D eigenvalue weighted by Crippen LogP contribution is 2.30. The van der Waals surface area contributed by atoms with Gasteiger partial charge in [0.05, 0.1) is 12.2 Å². The van der Waals surface area contributed by atoms with Gasteiger partial charge in [0.1, 0.15) is 0 Å². The average Bonchev–Trinajstić information content (AvgIpc) is 2.58. The van der Waals surface area contributed by atoms with E-state index in [1.807, 2.05) is 30.3 Å². The summed E-state index contributed by atoms with van der Waals surface area (Å²) >= 11 is 0. The zero-order valence-corrected chi connectivity index (χ0v) is 8.93. The highest BCUT2D eigenvalue weighted by atomic mass is 16.5. The van der Waals surface area contributed by atoms with Crippen LogP contribution in [0.2, 0.25) is 0 Å². The van der Waals surface area contributed by atoms with Crippen LogP contribution in [-0.2, 0) is 11.3 Å². The van der Waals surface area contributed by atoms with E-state index in [1.165, 1.54) is 0 Å². The van der Waals surface area contributed by atoms with Gasteiger partial charge < -0.3 is 9.84 Å². The van der Waals surface area contributed by atoms with Gasteiger partial charge >= 0.3 is 5.97 Å². The zero-order valence-electron chi connectivity index (χ0n) is 8.93. The van der Waals surface area contributed by atoms with Crippen LogP contribution in [0, 0.1) is 0 Å². The largest absolute Gasteiger partial charge is 0.478 e. The monoisotopic (exact) mass is 216 g/mol. The fourth-order valence-corrected chi connectivity index (χ4v) is 1.83. The van der Waals surface area contributed by atoms with E-state index in [9.17, 15) is 4.79 Å². The van der Waals surface area contributed by atoms with Gasteiger partial charge in [-0.05, 0) is 22.8 Å². The molecular weight excluding hydrogens is 204 g/mol. The molecule has 0 saturated carbocycles. The minimum absolute atomic E-state index is 0.337. The highest BCUT2D eigenvalue weighted by molar-refractivity contribution is 5.98. The van der Waals surface area contributed by atoms with Crippen LogP contribution in [0.3, 0.4) is 0 Å². The topological polar surface area (TPSA) is 46.5 Å². The lowest BCUT2D eigenvalue weighted by molar-refractivity contribution is 0.0698. The van der Waals surface area contributed by atoms with Gasteiger partial charge in [-0.15, -0.1) is 0 Å². The maximum Gasteiger partial charge on any atom is 0.336 e. The molecule has 0 fully saturated rings. The fraction of sp³-hybridized carbons (Fsp3) is 0.154. The molecule has 16 heavy (non-hydrogen) atoms. The normalized spacial score (nSPS) is 10.6. The maximum atomic E-state index is 11.0. The second-order valence-electron chi connectivity index (χ2n) is 3.56. The van der Waals surface area contributed by atoms with Crippen LogP contribution in [0.25, 0.3) is 11.1 Å². The van der Waals surface area contributed by atoms with Gasteiger partial charge in [0.2, 0.25) is 0 Å². The molecule has 0 aromatic carbocycles. The molecule has 0 heterocycles. The smallest absolute Gasteiger partial charge is 0.336 e. The third kappa shape index (κ3) is 1.77. The molecule has 2 aliphatic rings. The highest BCUT2D eigenvalue weighted by Gasteiger charge is 2.16. The van der Waals surface area contributed by atoms with Crippen molar-refractivity contribution in [3.8, 4) is 11.1 Å². The molecule has 1 N–H and O–H groups in total. The van der Waals surface area contributed by atoms with Crippen LogP contribution in [0.15, 0.2) is 36.4 Å². The van der Waals surface area contributed by atoms with Crippen molar-refractivity contribution in [3.63, 3.8) is 0 Å². The SMILES string of the molecule is COCc1ccccc2c(C(=O)O)ccc1-2. The van der Waals surface area contributed by atoms with Gasteiger partial charge in [0, 0.05) is 7.11 Å². The van der Waals surface area contributed by atoms with Crippen LogP contribution < -0.4 is 0 Å². The van der Waals surface area contributed by atoms with Crippen molar-refractivity contribution < 1.29 is 14.6 Å². The van der Waals surface area contributed by atoms with Crippen molar-refractivity contribution >= 4 is 5.97 Å². The van der Waals surface area contributed by atoms with Crippen LogP contribution in [0.4, 0.5) is 0 Å². The molecule has 0 radical (unpaired) electrons. The standard InChI is InChI=1S/C13H12O3/c1-16-8-9-4-2-3-5-11-10(9)6-7-12(11)13(14)15/h2-7H,8H2,1H3,(H,14,15). The summed E-state index contributed by atoms with van der Waals surface area (Å²) in [5, 5.41) is 9.04. The Kier molecular flexibility index (Phi) is 2.88. The Balaban J connectivity index is 2.59. The first-order valence-electron chi connectivity index (χ1n) is 4.97. The summed E-state index contributed by atoms with van der Waals surface area (Å²) in [5.41, 5.74) is 3.02. The Morgan fingerprint density at radius 2 is 1.94 bits per heavy atom. The minimum Gasteiger partial charge on any atom is -0.478 e. The van der Waals surface area contributed by atoms with Crippen molar-refractivity contribution in [2.45, 2.75) is 6.61 Å². The summed E-state index contributed by atoms with van der Waals surface area (Å²) in [4.78, 5) is 11.0. The van der Waals surface area contributed by atoms with Crippen molar-refractivity contribution in [2.24, 2.45) is 0 Å². The molecule has 0 atom stereocenters. The molecule has 0 aromatic rings. The summed E-state index contributed by atoms with van der Waals surface area (Å²) in [6.45, 7) is 0.480. The van der Waals surface area contributed by atoms with E-state index in [0.717, 1.165) is 16.7 Å². The van der Waals surface area contributed by atoms with Crippen LogP contribution >= 0.6 is 0 Å². The molecule has 0 unspecified atom stereocenters. The van der Waals surface area contributed by atoms with Gasteiger partial charge in [0.15, 0.2) is 0 Å². The Bertz CT molecular complexity index is 491. The van der Waals surface area contributed by atoms with Crippen molar-refractivity contribution in [2.75, 3.05) is 7.11 Å². The number of carboxylic acid groups (broad SMARTS) is 1. The van der Waals surface area contributed by atoms with E-state index < -0.39 is 5.97 Å². The quantitative estimate of drug-likeness (QED) is 0.857. The molecule has 0 saturated heterocycles. The first-order valence-corrected chi connectivity index (χ1v) is 4.97. The van der Waals surface area contributed by atoms with Gasteiger partial charge in [-0.1, -0.05) is 30.3 Å². The van der Waals surface area contributed by atoms with E-state index in [2.05, 4.69) is 0 Å². The molecule has 0 spiro atoms. The van der Waals surface area contributed by atoms with E-state index in [1.54, 1.807) is 13.2 Å². The lowest BCUT2D eigenvalue weighted by Crippen LogP contribution is -1.95. The Labute approximate surface area is 93.6 Å². The third-order valence-corrected chi connectivity index (χ3v) is 2.54. The molecule has 0 bridgehead atoms. The number of methoxy groups -OCH3 is 1. The predicted octanol–water partition coefficient (Wildman–Crippen LogP) is 2.64. The average molecular weight is 216 g/mol. The summed E-state index contributed by atoms with van der Waals surface area (Å²) in [5.74, 6) is -0.899. The molecule has 82 valence electrons. The predicted molar refractivity (Wildman–Crippen MR) is 60.7 cm³/mol. The summed E-state index contributed by atoms with van der Waals surface area (Å²) < 4.78 is 5.10. The number of ether oxygens (including phenoxy) is 1. The van der Waals surface area contributed by atoms with Gasteiger partial charge in [-0.25, -0.2) is 4.79 Å². The number of rotatable bonds is 3. The Hall–Kier alpha value is -1.87. The van der Waals surface area contributed by atoms with Crippen LogP contribution in [0.5, 0.6) is 0 Å². The first-order chi connectivity index (χ1) is 7.74. The van der Waals surface area contributed by atoms with Gasteiger partial charge in [0.25, 0.3) is 0 Å². The van der Waals surface area contributed by atoms with Crippen LogP contribution in [-0.4, -0.2) is 18.2 Å². The lowest BCUT2D eigenvalue weighted by atomic mass is 10.1. The minimum atomic E-state index is -0.899. The number of hydrogen-bond acceptors (Lipinski definition) is 2. The summed E-state index contributed by atoms with van der Waals surface area (Å²) in [6, 6.07) is 10.9. The summed E-state index contributed by atoms with van der Waals surface area (Å²) in [7, 11) is 1.62. The Morgan fingerprint density at radius 1 is 1.19 bits per heavy atom.